The van der Waals surface area contributed by atoms with Gasteiger partial charge in [0.2, 0.25) is 5.91 Å². The van der Waals surface area contributed by atoms with E-state index < -0.39 is 0 Å². The number of nitrogens with two attached hydrogens (primary N) is 1. The third-order valence-corrected chi connectivity index (χ3v) is 3.16. The van der Waals surface area contributed by atoms with Crippen LogP contribution in [-0.2, 0) is 4.79 Å². The zero-order valence-corrected chi connectivity index (χ0v) is 10.9. The third-order valence-electron chi connectivity index (χ3n) is 3.16. The van der Waals surface area contributed by atoms with Gasteiger partial charge in [0, 0.05) is 12.5 Å². The van der Waals surface area contributed by atoms with E-state index in [1.54, 1.807) is 0 Å². The topological polar surface area (TPSA) is 55.1 Å². The Balaban J connectivity index is 2.70. The van der Waals surface area contributed by atoms with Crippen LogP contribution < -0.4 is 11.1 Å². The van der Waals surface area contributed by atoms with Crippen molar-refractivity contribution in [3.63, 3.8) is 0 Å². The van der Waals surface area contributed by atoms with Gasteiger partial charge in [-0.2, -0.15) is 0 Å². The monoisotopic (exact) mass is 234 g/mol. The average Bonchev–Trinajstić information content (AvgIpc) is 2.31. The Labute approximate surface area is 103 Å². The van der Waals surface area contributed by atoms with Gasteiger partial charge in [0.05, 0.1) is 6.04 Å². The van der Waals surface area contributed by atoms with E-state index in [9.17, 15) is 4.79 Å². The van der Waals surface area contributed by atoms with Crippen molar-refractivity contribution in [1.82, 2.24) is 5.32 Å². The first-order valence-electron chi connectivity index (χ1n) is 6.16. The zero-order valence-electron chi connectivity index (χ0n) is 10.9. The molecule has 2 unspecified atom stereocenters. The average molecular weight is 234 g/mol. The lowest BCUT2D eigenvalue weighted by Crippen LogP contribution is -2.36. The fourth-order valence-corrected chi connectivity index (χ4v) is 1.94. The molecule has 1 amide bonds. The van der Waals surface area contributed by atoms with E-state index in [0.29, 0.717) is 6.54 Å². The third kappa shape index (κ3) is 3.56. The van der Waals surface area contributed by atoms with E-state index in [4.69, 9.17) is 5.73 Å². The summed E-state index contributed by atoms with van der Waals surface area (Å²) in [4.78, 5) is 11.9. The molecule has 94 valence electrons. The minimum absolute atomic E-state index is 0.0318. The van der Waals surface area contributed by atoms with E-state index >= 15 is 0 Å². The predicted molar refractivity (Wildman–Crippen MR) is 70.6 cm³/mol. The first-order chi connectivity index (χ1) is 8.10. The number of aryl methyl sites for hydroxylation is 1. The molecule has 0 fully saturated rings. The quantitative estimate of drug-likeness (QED) is 0.820. The molecule has 3 N–H and O–H groups in total. The van der Waals surface area contributed by atoms with Gasteiger partial charge < -0.3 is 11.1 Å². The standard InChI is InChI=1S/C14H22N2O/c1-4-12(9-15)14(17)16-11(3)13-8-6-5-7-10(13)2/h5-8,11-12H,4,9,15H2,1-3H3,(H,16,17). The molecule has 0 aromatic heterocycles. The Morgan fingerprint density at radius 3 is 2.59 bits per heavy atom. The Hall–Kier alpha value is -1.35. The fraction of sp³-hybridized carbons (Fsp3) is 0.500. The largest absolute Gasteiger partial charge is 0.349 e. The van der Waals surface area contributed by atoms with Crippen LogP contribution in [0.3, 0.4) is 0 Å². The van der Waals surface area contributed by atoms with Crippen LogP contribution in [0.1, 0.15) is 37.4 Å². The summed E-state index contributed by atoms with van der Waals surface area (Å²) in [6.45, 7) is 6.44. The van der Waals surface area contributed by atoms with Crippen LogP contribution in [0.5, 0.6) is 0 Å². The molecule has 0 saturated heterocycles. The maximum Gasteiger partial charge on any atom is 0.224 e. The first kappa shape index (κ1) is 13.7. The highest BCUT2D eigenvalue weighted by Gasteiger charge is 2.17. The fourth-order valence-electron chi connectivity index (χ4n) is 1.94. The lowest BCUT2D eigenvalue weighted by atomic mass is 10.0. The van der Waals surface area contributed by atoms with Crippen molar-refractivity contribution in [3.8, 4) is 0 Å². The maximum absolute atomic E-state index is 11.9. The number of nitrogens with one attached hydrogen (secondary N) is 1. The lowest BCUT2D eigenvalue weighted by molar-refractivity contribution is -0.125. The van der Waals surface area contributed by atoms with Crippen LogP contribution in [0.15, 0.2) is 24.3 Å². The molecule has 2 atom stereocenters. The Kier molecular flexibility index (Phi) is 5.16. The second kappa shape index (κ2) is 6.40. The number of benzene rings is 1. The van der Waals surface area contributed by atoms with Gasteiger partial charge in [-0.1, -0.05) is 31.2 Å². The van der Waals surface area contributed by atoms with E-state index in [1.807, 2.05) is 32.0 Å². The molecule has 3 nitrogen and oxygen atoms in total. The first-order valence-corrected chi connectivity index (χ1v) is 6.16. The van der Waals surface area contributed by atoms with Crippen molar-refractivity contribution in [2.24, 2.45) is 11.7 Å². The van der Waals surface area contributed by atoms with Crippen LogP contribution >= 0.6 is 0 Å². The normalized spacial score (nSPS) is 14.1. The molecular formula is C14H22N2O. The van der Waals surface area contributed by atoms with Gasteiger partial charge in [-0.25, -0.2) is 0 Å². The number of hydrogen-bond acceptors (Lipinski definition) is 2. The highest BCUT2D eigenvalue weighted by Crippen LogP contribution is 2.17. The van der Waals surface area contributed by atoms with Crippen LogP contribution in [0, 0.1) is 12.8 Å². The predicted octanol–water partition coefficient (Wildman–Crippen LogP) is 2.16. The molecular weight excluding hydrogens is 212 g/mol. The van der Waals surface area contributed by atoms with Gasteiger partial charge in [-0.3, -0.25) is 4.79 Å². The summed E-state index contributed by atoms with van der Waals surface area (Å²) in [7, 11) is 0. The Morgan fingerprint density at radius 2 is 2.06 bits per heavy atom. The molecule has 0 bridgehead atoms. The number of hydrogen-bond donors (Lipinski definition) is 2. The summed E-state index contributed by atoms with van der Waals surface area (Å²) < 4.78 is 0. The summed E-state index contributed by atoms with van der Waals surface area (Å²) >= 11 is 0. The molecule has 3 heteroatoms. The Morgan fingerprint density at radius 1 is 1.41 bits per heavy atom. The lowest BCUT2D eigenvalue weighted by Gasteiger charge is -2.19. The molecule has 0 aliphatic rings. The molecule has 0 radical (unpaired) electrons. The van der Waals surface area contributed by atoms with Crippen molar-refractivity contribution >= 4 is 5.91 Å². The molecule has 1 rings (SSSR count). The molecule has 0 aliphatic heterocycles. The molecule has 0 spiro atoms. The zero-order chi connectivity index (χ0) is 12.8. The van der Waals surface area contributed by atoms with Gasteiger partial charge in [0.1, 0.15) is 0 Å². The molecule has 0 heterocycles. The van der Waals surface area contributed by atoms with Crippen molar-refractivity contribution < 1.29 is 4.79 Å². The smallest absolute Gasteiger partial charge is 0.224 e. The van der Waals surface area contributed by atoms with Gasteiger partial charge >= 0.3 is 0 Å². The summed E-state index contributed by atoms with van der Waals surface area (Å²) in [5.41, 5.74) is 7.92. The van der Waals surface area contributed by atoms with Gasteiger partial charge in [0.15, 0.2) is 0 Å². The van der Waals surface area contributed by atoms with Crippen LogP contribution in [0.25, 0.3) is 0 Å². The second-order valence-corrected chi connectivity index (χ2v) is 4.43. The van der Waals surface area contributed by atoms with E-state index in [-0.39, 0.29) is 17.9 Å². The number of amides is 1. The number of carbonyl (C=O) groups excluding carboxylic acids is 1. The van der Waals surface area contributed by atoms with Crippen molar-refractivity contribution in [3.05, 3.63) is 35.4 Å². The minimum Gasteiger partial charge on any atom is -0.349 e. The summed E-state index contributed by atoms with van der Waals surface area (Å²) in [5.74, 6) is -0.0350. The molecule has 0 saturated carbocycles. The van der Waals surface area contributed by atoms with Crippen LogP contribution in [0.2, 0.25) is 0 Å². The van der Waals surface area contributed by atoms with Crippen molar-refractivity contribution in [2.75, 3.05) is 6.54 Å². The maximum atomic E-state index is 11.9. The highest BCUT2D eigenvalue weighted by molar-refractivity contribution is 5.79. The minimum atomic E-state index is -0.0820. The summed E-state index contributed by atoms with van der Waals surface area (Å²) in [6, 6.07) is 8.12. The van der Waals surface area contributed by atoms with Gasteiger partial charge in [-0.15, -0.1) is 0 Å². The van der Waals surface area contributed by atoms with Gasteiger partial charge in [-0.05, 0) is 31.4 Å². The van der Waals surface area contributed by atoms with E-state index in [2.05, 4.69) is 18.3 Å². The van der Waals surface area contributed by atoms with E-state index in [1.165, 1.54) is 5.56 Å². The SMILES string of the molecule is CCC(CN)C(=O)NC(C)c1ccccc1C. The number of carbonyl (C=O) groups is 1. The summed E-state index contributed by atoms with van der Waals surface area (Å²) in [5, 5.41) is 3.02. The van der Waals surface area contributed by atoms with Crippen molar-refractivity contribution in [2.45, 2.75) is 33.2 Å². The van der Waals surface area contributed by atoms with Gasteiger partial charge in [0.25, 0.3) is 0 Å². The van der Waals surface area contributed by atoms with E-state index in [0.717, 1.165) is 12.0 Å². The second-order valence-electron chi connectivity index (χ2n) is 4.43. The van der Waals surface area contributed by atoms with Crippen LogP contribution in [0.4, 0.5) is 0 Å². The molecule has 17 heavy (non-hydrogen) atoms. The highest BCUT2D eigenvalue weighted by atomic mass is 16.1. The van der Waals surface area contributed by atoms with Crippen molar-refractivity contribution in [1.29, 1.82) is 0 Å². The summed E-state index contributed by atoms with van der Waals surface area (Å²) in [6.07, 6.45) is 0.781. The molecule has 0 aliphatic carbocycles. The number of rotatable bonds is 5. The Bertz CT molecular complexity index is 372. The van der Waals surface area contributed by atoms with Crippen LogP contribution in [-0.4, -0.2) is 12.5 Å². The molecule has 1 aromatic carbocycles. The molecule has 1 aromatic rings.